The van der Waals surface area contributed by atoms with Gasteiger partial charge in [-0.3, -0.25) is 14.3 Å². The van der Waals surface area contributed by atoms with Crippen molar-refractivity contribution in [3.05, 3.63) is 84.2 Å². The predicted molar refractivity (Wildman–Crippen MR) is 121 cm³/mol. The van der Waals surface area contributed by atoms with Crippen LogP contribution >= 0.6 is 0 Å². The number of hydrogen-bond acceptors (Lipinski definition) is 4. The van der Waals surface area contributed by atoms with E-state index in [0.717, 1.165) is 29.7 Å². The molecule has 7 heteroatoms. The van der Waals surface area contributed by atoms with Crippen molar-refractivity contribution in [2.24, 2.45) is 0 Å². The molecule has 1 unspecified atom stereocenters. The second-order valence-corrected chi connectivity index (χ2v) is 7.95. The van der Waals surface area contributed by atoms with E-state index in [-0.39, 0.29) is 17.9 Å². The van der Waals surface area contributed by atoms with Crippen molar-refractivity contribution in [3.63, 3.8) is 0 Å². The smallest absolute Gasteiger partial charge is 0.249 e. The fourth-order valence-corrected chi connectivity index (χ4v) is 4.17. The number of aromatic nitrogens is 2. The molecule has 1 fully saturated rings. The van der Waals surface area contributed by atoms with Gasteiger partial charge >= 0.3 is 0 Å². The van der Waals surface area contributed by atoms with Gasteiger partial charge < -0.3 is 15.0 Å². The SMILES string of the molecule is COc1ccccc1CC(=O)N1CCC(NC(=O)C(c2ccccc2)n2cccn2)CC1. The third-order valence-electron chi connectivity index (χ3n) is 5.88. The van der Waals surface area contributed by atoms with Gasteiger partial charge in [0.1, 0.15) is 5.75 Å². The van der Waals surface area contributed by atoms with Crippen LogP contribution in [0.25, 0.3) is 0 Å². The van der Waals surface area contributed by atoms with E-state index in [0.29, 0.717) is 19.5 Å². The van der Waals surface area contributed by atoms with E-state index in [1.54, 1.807) is 24.2 Å². The van der Waals surface area contributed by atoms with Crippen molar-refractivity contribution >= 4 is 11.8 Å². The van der Waals surface area contributed by atoms with E-state index in [1.165, 1.54) is 0 Å². The van der Waals surface area contributed by atoms with Crippen molar-refractivity contribution in [1.82, 2.24) is 20.0 Å². The van der Waals surface area contributed by atoms with Crippen LogP contribution in [0.15, 0.2) is 73.1 Å². The molecular weight excluding hydrogens is 404 g/mol. The molecule has 166 valence electrons. The van der Waals surface area contributed by atoms with Gasteiger partial charge in [-0.05, 0) is 30.5 Å². The summed E-state index contributed by atoms with van der Waals surface area (Å²) in [7, 11) is 1.61. The second-order valence-electron chi connectivity index (χ2n) is 7.95. The minimum absolute atomic E-state index is 0.0274. The van der Waals surface area contributed by atoms with Crippen molar-refractivity contribution in [3.8, 4) is 5.75 Å². The second kappa shape index (κ2) is 10.1. The number of carbonyl (C=O) groups excluding carboxylic acids is 2. The van der Waals surface area contributed by atoms with E-state index in [4.69, 9.17) is 4.74 Å². The van der Waals surface area contributed by atoms with Crippen LogP contribution in [-0.4, -0.2) is 52.7 Å². The number of carbonyl (C=O) groups is 2. The summed E-state index contributed by atoms with van der Waals surface area (Å²) in [4.78, 5) is 27.8. The molecule has 2 amide bonds. The van der Waals surface area contributed by atoms with E-state index < -0.39 is 6.04 Å². The number of likely N-dealkylation sites (tertiary alicyclic amines) is 1. The molecule has 0 saturated carbocycles. The molecule has 0 radical (unpaired) electrons. The number of ether oxygens (including phenoxy) is 1. The molecule has 2 aromatic carbocycles. The van der Waals surface area contributed by atoms with Crippen LogP contribution in [0.1, 0.15) is 30.0 Å². The highest BCUT2D eigenvalue weighted by Crippen LogP contribution is 2.21. The van der Waals surface area contributed by atoms with Crippen LogP contribution in [-0.2, 0) is 16.0 Å². The summed E-state index contributed by atoms with van der Waals surface area (Å²) < 4.78 is 7.04. The Balaban J connectivity index is 1.35. The highest BCUT2D eigenvalue weighted by atomic mass is 16.5. The van der Waals surface area contributed by atoms with Gasteiger partial charge in [0.05, 0.1) is 13.5 Å². The predicted octanol–water partition coefficient (Wildman–Crippen LogP) is 2.83. The highest BCUT2D eigenvalue weighted by molar-refractivity contribution is 5.84. The zero-order valence-electron chi connectivity index (χ0n) is 18.2. The lowest BCUT2D eigenvalue weighted by atomic mass is 10.0. The summed E-state index contributed by atoms with van der Waals surface area (Å²) in [6.45, 7) is 1.24. The number of rotatable bonds is 7. The topological polar surface area (TPSA) is 76.5 Å². The Morgan fingerprint density at radius 3 is 2.47 bits per heavy atom. The van der Waals surface area contributed by atoms with Gasteiger partial charge in [-0.15, -0.1) is 0 Å². The number of hydrogen-bond donors (Lipinski definition) is 1. The van der Waals surface area contributed by atoms with Crippen LogP contribution in [0, 0.1) is 0 Å². The van der Waals surface area contributed by atoms with Gasteiger partial charge in [-0.2, -0.15) is 5.10 Å². The monoisotopic (exact) mass is 432 g/mol. The average Bonchev–Trinajstić information content (AvgIpc) is 3.35. The number of nitrogens with one attached hydrogen (secondary N) is 1. The molecule has 2 heterocycles. The van der Waals surface area contributed by atoms with E-state index >= 15 is 0 Å². The Morgan fingerprint density at radius 2 is 1.78 bits per heavy atom. The first kappa shape index (κ1) is 21.6. The summed E-state index contributed by atoms with van der Waals surface area (Å²) in [6, 6.07) is 18.6. The molecule has 3 aromatic rings. The lowest BCUT2D eigenvalue weighted by Crippen LogP contribution is -2.48. The quantitative estimate of drug-likeness (QED) is 0.623. The molecule has 32 heavy (non-hydrogen) atoms. The van der Waals surface area contributed by atoms with Crippen molar-refractivity contribution in [1.29, 1.82) is 0 Å². The van der Waals surface area contributed by atoms with E-state index in [2.05, 4.69) is 10.4 Å². The first-order chi connectivity index (χ1) is 15.7. The summed E-state index contributed by atoms with van der Waals surface area (Å²) in [5.41, 5.74) is 1.78. The lowest BCUT2D eigenvalue weighted by molar-refractivity contribution is -0.131. The standard InChI is InChI=1S/C25H28N4O3/c1-32-22-11-6-5-10-20(22)18-23(30)28-16-12-21(13-17-28)27-25(31)24(29-15-7-14-26-29)19-8-3-2-4-9-19/h2-11,14-15,21,24H,12-13,16-18H2,1H3,(H,27,31). The minimum Gasteiger partial charge on any atom is -0.496 e. The number of amides is 2. The van der Waals surface area contributed by atoms with Crippen LogP contribution in [0.5, 0.6) is 5.75 Å². The molecule has 1 aromatic heterocycles. The van der Waals surface area contributed by atoms with Gasteiger partial charge in [0.2, 0.25) is 11.8 Å². The number of nitrogens with zero attached hydrogens (tertiary/aromatic N) is 3. The zero-order valence-corrected chi connectivity index (χ0v) is 18.2. The minimum atomic E-state index is -0.517. The fourth-order valence-electron chi connectivity index (χ4n) is 4.17. The summed E-state index contributed by atoms with van der Waals surface area (Å²) in [5, 5.41) is 7.46. The summed E-state index contributed by atoms with van der Waals surface area (Å²) in [6.07, 6.45) is 5.25. The maximum atomic E-state index is 13.2. The number of benzene rings is 2. The average molecular weight is 433 g/mol. The molecule has 1 N–H and O–H groups in total. The Bertz CT molecular complexity index is 1030. The highest BCUT2D eigenvalue weighted by Gasteiger charge is 2.28. The molecule has 1 saturated heterocycles. The van der Waals surface area contributed by atoms with Crippen LogP contribution in [0.4, 0.5) is 0 Å². The van der Waals surface area contributed by atoms with Gasteiger partial charge in [-0.1, -0.05) is 48.5 Å². The molecule has 1 aliphatic rings. The molecule has 0 aliphatic carbocycles. The van der Waals surface area contributed by atoms with Crippen molar-refractivity contribution in [2.45, 2.75) is 31.3 Å². The lowest BCUT2D eigenvalue weighted by Gasteiger charge is -2.33. The largest absolute Gasteiger partial charge is 0.496 e. The third-order valence-corrected chi connectivity index (χ3v) is 5.88. The van der Waals surface area contributed by atoms with Gasteiger partial charge in [-0.25, -0.2) is 0 Å². The van der Waals surface area contributed by atoms with Crippen LogP contribution in [0.3, 0.4) is 0 Å². The maximum absolute atomic E-state index is 13.2. The van der Waals surface area contributed by atoms with E-state index in [1.807, 2.05) is 65.6 Å². The Morgan fingerprint density at radius 1 is 1.06 bits per heavy atom. The molecule has 0 spiro atoms. The molecular formula is C25H28N4O3. The Hall–Kier alpha value is -3.61. The number of para-hydroxylation sites is 1. The van der Waals surface area contributed by atoms with Gasteiger partial charge in [0.25, 0.3) is 0 Å². The number of piperidine rings is 1. The summed E-state index contributed by atoms with van der Waals surface area (Å²) in [5.74, 6) is 0.727. The molecule has 4 rings (SSSR count). The first-order valence-electron chi connectivity index (χ1n) is 10.9. The molecule has 1 aliphatic heterocycles. The zero-order chi connectivity index (χ0) is 22.3. The maximum Gasteiger partial charge on any atom is 0.249 e. The van der Waals surface area contributed by atoms with Gasteiger partial charge in [0.15, 0.2) is 6.04 Å². The number of methoxy groups -OCH3 is 1. The molecule has 1 atom stereocenters. The van der Waals surface area contributed by atoms with Crippen LogP contribution < -0.4 is 10.1 Å². The van der Waals surface area contributed by atoms with Crippen LogP contribution in [0.2, 0.25) is 0 Å². The Kier molecular flexibility index (Phi) is 6.84. The van der Waals surface area contributed by atoms with Crippen molar-refractivity contribution in [2.75, 3.05) is 20.2 Å². The fraction of sp³-hybridized carbons (Fsp3) is 0.320. The van der Waals surface area contributed by atoms with Crippen molar-refractivity contribution < 1.29 is 14.3 Å². The molecule has 7 nitrogen and oxygen atoms in total. The Labute approximate surface area is 188 Å². The first-order valence-corrected chi connectivity index (χ1v) is 10.9. The summed E-state index contributed by atoms with van der Waals surface area (Å²) >= 11 is 0. The van der Waals surface area contributed by atoms with E-state index in [9.17, 15) is 9.59 Å². The third kappa shape index (κ3) is 4.99. The molecule has 0 bridgehead atoms. The normalized spacial score (nSPS) is 15.2. The van der Waals surface area contributed by atoms with Gasteiger partial charge in [0, 0.05) is 37.1 Å².